The minimum Gasteiger partial charge on any atom is -0.342 e. The fourth-order valence-electron chi connectivity index (χ4n) is 3.92. The molecule has 1 saturated carbocycles. The zero-order valence-electron chi connectivity index (χ0n) is 14.9. The maximum atomic E-state index is 13.4. The van der Waals surface area contributed by atoms with Crippen LogP contribution < -0.4 is 0 Å². The lowest BCUT2D eigenvalue weighted by Gasteiger charge is -2.41. The molecule has 3 unspecified atom stereocenters. The van der Waals surface area contributed by atoms with Crippen LogP contribution in [0.1, 0.15) is 39.5 Å². The number of piperazine rings is 1. The maximum absolute atomic E-state index is 13.4. The van der Waals surface area contributed by atoms with Gasteiger partial charge in [-0.25, -0.2) is 8.78 Å². The minimum absolute atomic E-state index is 0.0471. The van der Waals surface area contributed by atoms with E-state index in [1.807, 2.05) is 6.92 Å². The van der Waals surface area contributed by atoms with Crippen molar-refractivity contribution in [3.8, 4) is 0 Å². The van der Waals surface area contributed by atoms with Crippen LogP contribution in [0.5, 0.6) is 0 Å². The van der Waals surface area contributed by atoms with Crippen LogP contribution in [0.15, 0.2) is 0 Å². The van der Waals surface area contributed by atoms with E-state index in [0.717, 1.165) is 0 Å². The summed E-state index contributed by atoms with van der Waals surface area (Å²) in [7, 11) is 1.71. The molecule has 1 aliphatic carbocycles. The summed E-state index contributed by atoms with van der Waals surface area (Å²) in [6.07, 6.45) is 1.03. The molecule has 0 aromatic rings. The van der Waals surface area contributed by atoms with Gasteiger partial charge in [-0.1, -0.05) is 0 Å². The second-order valence-corrected chi connectivity index (χ2v) is 7.80. The molecule has 25 heavy (non-hydrogen) atoms. The highest BCUT2D eigenvalue weighted by atomic mass is 19.3. The normalized spacial score (nSPS) is 34.4. The number of alkyl halides is 2. The van der Waals surface area contributed by atoms with E-state index >= 15 is 0 Å². The van der Waals surface area contributed by atoms with Crippen molar-refractivity contribution in [2.24, 2.45) is 5.41 Å². The van der Waals surface area contributed by atoms with Gasteiger partial charge in [0.1, 0.15) is 5.41 Å². The van der Waals surface area contributed by atoms with E-state index in [1.54, 1.807) is 16.8 Å². The Morgan fingerprint density at radius 2 is 1.92 bits per heavy atom. The molecule has 0 N–H and O–H groups in total. The predicted octanol–water partition coefficient (Wildman–Crippen LogP) is 1.10. The molecule has 3 amide bonds. The molecule has 0 radical (unpaired) electrons. The Morgan fingerprint density at radius 3 is 2.40 bits per heavy atom. The van der Waals surface area contributed by atoms with Gasteiger partial charge in [0.05, 0.1) is 0 Å². The second-order valence-electron chi connectivity index (χ2n) is 7.80. The first-order valence-corrected chi connectivity index (χ1v) is 8.79. The smallest absolute Gasteiger partial charge is 0.263 e. The van der Waals surface area contributed by atoms with Gasteiger partial charge in [-0.05, 0) is 20.3 Å². The van der Waals surface area contributed by atoms with E-state index < -0.39 is 23.7 Å². The molecule has 3 rings (SSSR count). The Bertz CT molecular complexity index is 612. The summed E-state index contributed by atoms with van der Waals surface area (Å²) >= 11 is 0. The second kappa shape index (κ2) is 5.92. The van der Waals surface area contributed by atoms with Crippen LogP contribution in [0.4, 0.5) is 8.78 Å². The number of carbonyl (C=O) groups is 3. The fraction of sp³-hybridized carbons (Fsp3) is 0.824. The van der Waals surface area contributed by atoms with E-state index in [9.17, 15) is 23.2 Å². The topological polar surface area (TPSA) is 60.9 Å². The number of nitrogens with zero attached hydrogens (tertiary/aromatic N) is 3. The van der Waals surface area contributed by atoms with E-state index in [0.29, 0.717) is 19.4 Å². The zero-order chi connectivity index (χ0) is 18.6. The molecule has 2 heterocycles. The van der Waals surface area contributed by atoms with Crippen molar-refractivity contribution < 1.29 is 23.2 Å². The summed E-state index contributed by atoms with van der Waals surface area (Å²) in [5.74, 6) is -3.42. The molecule has 3 aliphatic rings. The first-order chi connectivity index (χ1) is 11.6. The van der Waals surface area contributed by atoms with Crippen LogP contribution in [0.2, 0.25) is 0 Å². The lowest BCUT2D eigenvalue weighted by molar-refractivity contribution is -0.148. The fourth-order valence-corrected chi connectivity index (χ4v) is 3.92. The molecule has 2 aliphatic heterocycles. The Morgan fingerprint density at radius 1 is 1.28 bits per heavy atom. The Hall–Kier alpha value is -1.73. The number of hydrogen-bond acceptors (Lipinski definition) is 3. The highest BCUT2D eigenvalue weighted by Gasteiger charge is 2.73. The first kappa shape index (κ1) is 18.1. The van der Waals surface area contributed by atoms with Crippen molar-refractivity contribution in [3.63, 3.8) is 0 Å². The lowest BCUT2D eigenvalue weighted by Crippen LogP contribution is -2.57. The Balaban J connectivity index is 1.56. The van der Waals surface area contributed by atoms with Crippen LogP contribution in [0.3, 0.4) is 0 Å². The van der Waals surface area contributed by atoms with Gasteiger partial charge in [0.25, 0.3) is 5.92 Å². The van der Waals surface area contributed by atoms with E-state index in [4.69, 9.17) is 0 Å². The standard InChI is InChI=1S/C17H25F2N3O3/c1-11-9-21(15(25)16(2)10-17(16,18)19)6-7-22(11)14(24)8-12-4-5-13(23)20(12)3/h11-12H,4-10H2,1-3H3. The molecule has 3 fully saturated rings. The summed E-state index contributed by atoms with van der Waals surface area (Å²) in [4.78, 5) is 41.3. The molecule has 0 aromatic heterocycles. The largest absolute Gasteiger partial charge is 0.342 e. The summed E-state index contributed by atoms with van der Waals surface area (Å²) in [5.41, 5.74) is -1.58. The van der Waals surface area contributed by atoms with Crippen molar-refractivity contribution >= 4 is 17.7 Å². The van der Waals surface area contributed by atoms with Crippen molar-refractivity contribution in [1.29, 1.82) is 0 Å². The minimum atomic E-state index is -2.92. The van der Waals surface area contributed by atoms with Crippen LogP contribution in [0.25, 0.3) is 0 Å². The van der Waals surface area contributed by atoms with Gasteiger partial charge in [0.2, 0.25) is 17.7 Å². The van der Waals surface area contributed by atoms with E-state index in [1.165, 1.54) is 11.8 Å². The molecular formula is C17H25F2N3O3. The van der Waals surface area contributed by atoms with Gasteiger partial charge >= 0.3 is 0 Å². The SMILES string of the molecule is CC1CN(C(=O)C2(C)CC2(F)F)CCN1C(=O)CC1CCC(=O)N1C. The molecule has 2 saturated heterocycles. The van der Waals surface area contributed by atoms with Crippen molar-refractivity contribution in [1.82, 2.24) is 14.7 Å². The van der Waals surface area contributed by atoms with Gasteiger partial charge in [-0.2, -0.15) is 0 Å². The van der Waals surface area contributed by atoms with Crippen LogP contribution in [0, 0.1) is 5.41 Å². The van der Waals surface area contributed by atoms with Crippen LogP contribution in [-0.4, -0.2) is 77.1 Å². The molecule has 0 spiro atoms. The van der Waals surface area contributed by atoms with Crippen LogP contribution in [-0.2, 0) is 14.4 Å². The molecule has 8 heteroatoms. The van der Waals surface area contributed by atoms with Crippen molar-refractivity contribution in [2.75, 3.05) is 26.7 Å². The highest BCUT2D eigenvalue weighted by Crippen LogP contribution is 2.61. The van der Waals surface area contributed by atoms with E-state index in [2.05, 4.69) is 0 Å². The average molecular weight is 357 g/mol. The zero-order valence-corrected chi connectivity index (χ0v) is 14.9. The molecule has 0 bridgehead atoms. The number of rotatable bonds is 3. The highest BCUT2D eigenvalue weighted by molar-refractivity contribution is 5.87. The van der Waals surface area contributed by atoms with E-state index in [-0.39, 0.29) is 43.4 Å². The van der Waals surface area contributed by atoms with Crippen molar-refractivity contribution in [3.05, 3.63) is 0 Å². The quantitative estimate of drug-likeness (QED) is 0.760. The third-order valence-corrected chi connectivity index (χ3v) is 6.01. The Labute approximate surface area is 146 Å². The summed E-state index contributed by atoms with van der Waals surface area (Å²) in [5, 5.41) is 0. The number of amides is 3. The van der Waals surface area contributed by atoms with Gasteiger partial charge in [-0.3, -0.25) is 14.4 Å². The monoisotopic (exact) mass is 357 g/mol. The first-order valence-electron chi connectivity index (χ1n) is 8.79. The predicted molar refractivity (Wildman–Crippen MR) is 85.8 cm³/mol. The molecular weight excluding hydrogens is 332 g/mol. The molecule has 3 atom stereocenters. The number of likely N-dealkylation sites (tertiary alicyclic amines) is 1. The summed E-state index contributed by atoms with van der Waals surface area (Å²) in [6.45, 7) is 4.03. The number of halogens is 2. The third-order valence-electron chi connectivity index (χ3n) is 6.01. The third kappa shape index (κ3) is 3.00. The summed E-state index contributed by atoms with van der Waals surface area (Å²) < 4.78 is 26.9. The molecule has 0 aromatic carbocycles. The molecule has 6 nitrogen and oxygen atoms in total. The number of hydrogen-bond donors (Lipinski definition) is 0. The van der Waals surface area contributed by atoms with Gasteiger partial charge < -0.3 is 14.7 Å². The summed E-state index contributed by atoms with van der Waals surface area (Å²) in [6, 6.07) is -0.292. The maximum Gasteiger partial charge on any atom is 0.263 e. The Kier molecular flexibility index (Phi) is 4.28. The van der Waals surface area contributed by atoms with Crippen molar-refractivity contribution in [2.45, 2.75) is 57.5 Å². The van der Waals surface area contributed by atoms with Gasteiger partial charge in [0, 0.05) is 58.0 Å². The lowest BCUT2D eigenvalue weighted by atomic mass is 10.0. The van der Waals surface area contributed by atoms with Crippen LogP contribution >= 0.6 is 0 Å². The average Bonchev–Trinajstić information content (AvgIpc) is 2.92. The number of carbonyl (C=O) groups excluding carboxylic acids is 3. The molecule has 140 valence electrons. The van der Waals surface area contributed by atoms with Gasteiger partial charge in [0.15, 0.2) is 0 Å². The van der Waals surface area contributed by atoms with Gasteiger partial charge in [-0.15, -0.1) is 0 Å².